The van der Waals surface area contributed by atoms with E-state index in [1.165, 1.54) is 11.3 Å². The summed E-state index contributed by atoms with van der Waals surface area (Å²) in [5.41, 5.74) is 1.77. The molecule has 2 aromatic carbocycles. The number of thiazole rings is 1. The lowest BCUT2D eigenvalue weighted by molar-refractivity contribution is -0.120. The molecule has 0 spiro atoms. The van der Waals surface area contributed by atoms with E-state index in [2.05, 4.69) is 4.98 Å². The minimum Gasteiger partial charge on any atom is -0.492 e. The number of nitrogens with zero attached hydrogens (tertiary/aromatic N) is 4. The van der Waals surface area contributed by atoms with Crippen LogP contribution in [0.5, 0.6) is 11.5 Å². The molecule has 0 unspecified atom stereocenters. The van der Waals surface area contributed by atoms with Crippen molar-refractivity contribution in [2.45, 2.75) is 26.8 Å². The molecule has 0 radical (unpaired) electrons. The molecule has 1 amide bonds. The van der Waals surface area contributed by atoms with Crippen LogP contribution in [-0.4, -0.2) is 40.2 Å². The fraction of sp³-hybridized carbons (Fsp3) is 0.292. The number of fused-ring (bicyclic) bond motifs is 1. The maximum atomic E-state index is 13.2. The highest BCUT2D eigenvalue weighted by atomic mass is 32.1. The third-order valence-electron chi connectivity index (χ3n) is 5.00. The molecule has 0 aliphatic rings. The number of anilines is 1. The van der Waals surface area contributed by atoms with E-state index in [1.807, 2.05) is 67.1 Å². The topological polar surface area (TPSA) is 69.5 Å². The molecule has 4 rings (SSSR count). The number of rotatable bonds is 10. The minimum atomic E-state index is -0.129. The Bertz CT molecular complexity index is 1170. The van der Waals surface area contributed by atoms with Crippen LogP contribution in [0.2, 0.25) is 0 Å². The van der Waals surface area contributed by atoms with Gasteiger partial charge in [-0.25, -0.2) is 9.97 Å². The second kappa shape index (κ2) is 10.3. The SMILES string of the molecule is CCOc1cccc2sc(N(CCCn3ccnc3)C(=O)COc3ccccc3C)nc12. The Balaban J connectivity index is 1.55. The summed E-state index contributed by atoms with van der Waals surface area (Å²) in [5, 5.41) is 0.649. The van der Waals surface area contributed by atoms with Crippen LogP contribution in [0.25, 0.3) is 10.2 Å². The van der Waals surface area contributed by atoms with E-state index in [4.69, 9.17) is 14.5 Å². The van der Waals surface area contributed by atoms with Crippen LogP contribution in [0.3, 0.4) is 0 Å². The van der Waals surface area contributed by atoms with E-state index < -0.39 is 0 Å². The molecule has 7 nitrogen and oxygen atoms in total. The predicted octanol–water partition coefficient (Wildman–Crippen LogP) is 4.70. The van der Waals surface area contributed by atoms with Gasteiger partial charge in [-0.2, -0.15) is 0 Å². The third kappa shape index (κ3) is 5.08. The van der Waals surface area contributed by atoms with Gasteiger partial charge in [0.05, 0.1) is 17.6 Å². The van der Waals surface area contributed by atoms with Gasteiger partial charge in [0.2, 0.25) is 0 Å². The summed E-state index contributed by atoms with van der Waals surface area (Å²) >= 11 is 1.49. The highest BCUT2D eigenvalue weighted by Gasteiger charge is 2.21. The van der Waals surface area contributed by atoms with E-state index in [0.717, 1.165) is 34.5 Å². The van der Waals surface area contributed by atoms with Crippen LogP contribution >= 0.6 is 11.3 Å². The van der Waals surface area contributed by atoms with E-state index in [-0.39, 0.29) is 12.5 Å². The van der Waals surface area contributed by atoms with E-state index >= 15 is 0 Å². The first-order chi connectivity index (χ1) is 15.7. The summed E-state index contributed by atoms with van der Waals surface area (Å²) in [4.78, 5) is 23.8. The lowest BCUT2D eigenvalue weighted by Gasteiger charge is -2.20. The van der Waals surface area contributed by atoms with Gasteiger partial charge < -0.3 is 14.0 Å². The highest BCUT2D eigenvalue weighted by Crippen LogP contribution is 2.34. The van der Waals surface area contributed by atoms with Gasteiger partial charge in [0.1, 0.15) is 17.0 Å². The molecule has 0 atom stereocenters. The number of benzene rings is 2. The van der Waals surface area contributed by atoms with Crippen molar-refractivity contribution in [3.05, 3.63) is 66.7 Å². The van der Waals surface area contributed by atoms with Crippen LogP contribution in [0.15, 0.2) is 61.2 Å². The van der Waals surface area contributed by atoms with Gasteiger partial charge in [-0.3, -0.25) is 9.69 Å². The molecule has 0 bridgehead atoms. The van der Waals surface area contributed by atoms with Gasteiger partial charge >= 0.3 is 0 Å². The summed E-state index contributed by atoms with van der Waals surface area (Å²) < 4.78 is 14.5. The van der Waals surface area contributed by atoms with Crippen LogP contribution in [0.4, 0.5) is 5.13 Å². The summed E-state index contributed by atoms with van der Waals surface area (Å²) in [7, 11) is 0. The number of hydrogen-bond acceptors (Lipinski definition) is 6. The molecule has 2 heterocycles. The normalized spacial score (nSPS) is 10.9. The van der Waals surface area contributed by atoms with Crippen molar-refractivity contribution >= 4 is 32.6 Å². The van der Waals surface area contributed by atoms with E-state index in [0.29, 0.717) is 24.0 Å². The molecule has 2 aromatic heterocycles. The molecule has 0 fully saturated rings. The molecule has 4 aromatic rings. The first-order valence-corrected chi connectivity index (χ1v) is 11.4. The molecule has 32 heavy (non-hydrogen) atoms. The molecule has 0 aliphatic carbocycles. The van der Waals surface area contributed by atoms with Gasteiger partial charge in [-0.15, -0.1) is 0 Å². The van der Waals surface area contributed by atoms with Gasteiger partial charge in [0, 0.05) is 25.5 Å². The Morgan fingerprint density at radius 3 is 2.75 bits per heavy atom. The summed E-state index contributed by atoms with van der Waals surface area (Å²) in [5.74, 6) is 1.31. The van der Waals surface area contributed by atoms with Crippen molar-refractivity contribution in [2.75, 3.05) is 24.7 Å². The summed E-state index contributed by atoms with van der Waals surface area (Å²) in [6.07, 6.45) is 6.21. The zero-order valence-electron chi connectivity index (χ0n) is 18.2. The summed E-state index contributed by atoms with van der Waals surface area (Å²) in [6.45, 7) is 5.70. The first-order valence-electron chi connectivity index (χ1n) is 10.6. The molecule has 8 heteroatoms. The number of carbonyl (C=O) groups excluding carboxylic acids is 1. The van der Waals surface area contributed by atoms with Crippen molar-refractivity contribution in [3.63, 3.8) is 0 Å². The van der Waals surface area contributed by atoms with Crippen LogP contribution in [0, 0.1) is 6.92 Å². The molecular weight excluding hydrogens is 424 g/mol. The van der Waals surface area contributed by atoms with Gasteiger partial charge in [-0.05, 0) is 44.0 Å². The van der Waals surface area contributed by atoms with Crippen LogP contribution in [0.1, 0.15) is 18.9 Å². The Hall–Kier alpha value is -3.39. The fourth-order valence-electron chi connectivity index (χ4n) is 3.39. The summed E-state index contributed by atoms with van der Waals surface area (Å²) in [6, 6.07) is 13.5. The van der Waals surface area contributed by atoms with Gasteiger partial charge in [-0.1, -0.05) is 35.6 Å². The molecular formula is C24H26N4O3S. The monoisotopic (exact) mass is 450 g/mol. The van der Waals surface area contributed by atoms with E-state index in [1.54, 1.807) is 17.4 Å². The quantitative estimate of drug-likeness (QED) is 0.350. The zero-order chi connectivity index (χ0) is 22.3. The Labute approximate surface area is 191 Å². The molecule has 166 valence electrons. The maximum absolute atomic E-state index is 13.2. The first kappa shape index (κ1) is 21.8. The molecule has 0 N–H and O–H groups in total. The Kier molecular flexibility index (Phi) is 7.01. The Morgan fingerprint density at radius 2 is 1.97 bits per heavy atom. The number of aromatic nitrogens is 3. The lowest BCUT2D eigenvalue weighted by Crippen LogP contribution is -2.36. The largest absolute Gasteiger partial charge is 0.492 e. The third-order valence-corrected chi connectivity index (χ3v) is 6.05. The van der Waals surface area contributed by atoms with Crippen molar-refractivity contribution in [1.82, 2.24) is 14.5 Å². The van der Waals surface area contributed by atoms with Crippen LogP contribution < -0.4 is 14.4 Å². The fourth-order valence-corrected chi connectivity index (χ4v) is 4.42. The Morgan fingerprint density at radius 1 is 1.12 bits per heavy atom. The van der Waals surface area contributed by atoms with Crippen LogP contribution in [-0.2, 0) is 11.3 Å². The van der Waals surface area contributed by atoms with Crippen molar-refractivity contribution in [1.29, 1.82) is 0 Å². The number of carbonyl (C=O) groups is 1. The number of para-hydroxylation sites is 2. The van der Waals surface area contributed by atoms with Gasteiger partial charge in [0.25, 0.3) is 5.91 Å². The predicted molar refractivity (Wildman–Crippen MR) is 127 cm³/mol. The van der Waals surface area contributed by atoms with Gasteiger partial charge in [0.15, 0.2) is 11.7 Å². The number of ether oxygens (including phenoxy) is 2. The zero-order valence-corrected chi connectivity index (χ0v) is 19.0. The van der Waals surface area contributed by atoms with Crippen molar-refractivity contribution in [3.8, 4) is 11.5 Å². The molecule has 0 saturated heterocycles. The lowest BCUT2D eigenvalue weighted by atomic mass is 10.2. The number of aryl methyl sites for hydroxylation is 2. The second-order valence-electron chi connectivity index (χ2n) is 7.29. The molecule has 0 saturated carbocycles. The smallest absolute Gasteiger partial charge is 0.266 e. The number of imidazole rings is 1. The average molecular weight is 451 g/mol. The standard InChI is InChI=1S/C24H26N4O3S/c1-3-30-20-10-6-11-21-23(20)26-24(32-21)28(14-7-13-27-15-12-25-17-27)22(29)16-31-19-9-5-4-8-18(19)2/h4-6,8-12,15,17H,3,7,13-14,16H2,1-2H3. The van der Waals surface area contributed by atoms with Crippen molar-refractivity contribution in [2.24, 2.45) is 0 Å². The van der Waals surface area contributed by atoms with E-state index in [9.17, 15) is 4.79 Å². The number of hydrogen-bond donors (Lipinski definition) is 0. The maximum Gasteiger partial charge on any atom is 0.266 e. The second-order valence-corrected chi connectivity index (χ2v) is 8.30. The minimum absolute atomic E-state index is 0.0514. The van der Waals surface area contributed by atoms with Crippen molar-refractivity contribution < 1.29 is 14.3 Å². The molecule has 0 aliphatic heterocycles. The average Bonchev–Trinajstić information content (AvgIpc) is 3.46. The highest BCUT2D eigenvalue weighted by molar-refractivity contribution is 7.22. The number of amides is 1.